The molecule has 0 aromatic rings. The van der Waals surface area contributed by atoms with E-state index in [0.717, 1.165) is 25.1 Å². The lowest BCUT2D eigenvalue weighted by Gasteiger charge is -2.30. The van der Waals surface area contributed by atoms with Crippen LogP contribution in [0, 0.1) is 0 Å². The van der Waals surface area contributed by atoms with Gasteiger partial charge in [-0.15, -0.1) is 0 Å². The number of methoxy groups -OCH3 is 1. The third-order valence-electron chi connectivity index (χ3n) is 3.92. The molecule has 0 spiro atoms. The van der Waals surface area contributed by atoms with Crippen molar-refractivity contribution in [3.8, 4) is 0 Å². The Balaban J connectivity index is 1.81. The number of ether oxygens (including phenoxy) is 1. The standard InChI is InChI=1S/C12H24N2O/c1-10(6-8-15-2)14-7-5-11-3-4-12(9-14)13-11/h10-13H,3-9H2,1-2H3. The second-order valence-corrected chi connectivity index (χ2v) is 5.05. The van der Waals surface area contributed by atoms with E-state index in [4.69, 9.17) is 4.74 Å². The van der Waals surface area contributed by atoms with Gasteiger partial charge in [0.25, 0.3) is 0 Å². The molecule has 0 saturated carbocycles. The molecule has 3 nitrogen and oxygen atoms in total. The molecular formula is C12H24N2O. The molecule has 1 N–H and O–H groups in total. The molecule has 0 amide bonds. The first-order valence-electron chi connectivity index (χ1n) is 6.28. The highest BCUT2D eigenvalue weighted by Crippen LogP contribution is 2.22. The van der Waals surface area contributed by atoms with Gasteiger partial charge >= 0.3 is 0 Å². The molecule has 15 heavy (non-hydrogen) atoms. The summed E-state index contributed by atoms with van der Waals surface area (Å²) in [5.41, 5.74) is 0. The largest absolute Gasteiger partial charge is 0.385 e. The molecule has 3 heteroatoms. The van der Waals surface area contributed by atoms with E-state index in [2.05, 4.69) is 17.1 Å². The molecule has 0 aromatic carbocycles. The Morgan fingerprint density at radius 3 is 2.93 bits per heavy atom. The van der Waals surface area contributed by atoms with Crippen LogP contribution in [0.3, 0.4) is 0 Å². The Bertz CT molecular complexity index is 198. The van der Waals surface area contributed by atoms with Gasteiger partial charge in [-0.1, -0.05) is 0 Å². The third kappa shape index (κ3) is 2.92. The lowest BCUT2D eigenvalue weighted by atomic mass is 10.1. The molecule has 0 radical (unpaired) electrons. The van der Waals surface area contributed by atoms with Crippen molar-refractivity contribution in [1.82, 2.24) is 10.2 Å². The molecular weight excluding hydrogens is 188 g/mol. The molecule has 88 valence electrons. The fourth-order valence-corrected chi connectivity index (χ4v) is 2.84. The maximum Gasteiger partial charge on any atom is 0.0477 e. The highest BCUT2D eigenvalue weighted by molar-refractivity contribution is 4.90. The maximum absolute atomic E-state index is 5.15. The number of fused-ring (bicyclic) bond motifs is 2. The molecule has 2 aliphatic heterocycles. The summed E-state index contributed by atoms with van der Waals surface area (Å²) in [5, 5.41) is 3.72. The van der Waals surface area contributed by atoms with Crippen LogP contribution in [-0.2, 0) is 4.74 Å². The van der Waals surface area contributed by atoms with E-state index in [1.165, 1.54) is 32.4 Å². The van der Waals surface area contributed by atoms with Crippen LogP contribution in [0.1, 0.15) is 32.6 Å². The van der Waals surface area contributed by atoms with E-state index in [0.29, 0.717) is 6.04 Å². The summed E-state index contributed by atoms with van der Waals surface area (Å²) in [7, 11) is 1.79. The van der Waals surface area contributed by atoms with Gasteiger partial charge in [0.15, 0.2) is 0 Å². The van der Waals surface area contributed by atoms with Gasteiger partial charge in [-0.3, -0.25) is 4.90 Å². The summed E-state index contributed by atoms with van der Waals surface area (Å²) in [6.45, 7) is 5.72. The quantitative estimate of drug-likeness (QED) is 0.759. The highest BCUT2D eigenvalue weighted by Gasteiger charge is 2.30. The fraction of sp³-hybridized carbons (Fsp3) is 1.00. The van der Waals surface area contributed by atoms with Gasteiger partial charge in [0, 0.05) is 38.4 Å². The first-order chi connectivity index (χ1) is 7.29. The first-order valence-corrected chi connectivity index (χ1v) is 6.28. The summed E-state index contributed by atoms with van der Waals surface area (Å²) in [6, 6.07) is 2.23. The molecule has 0 aromatic heterocycles. The van der Waals surface area contributed by atoms with E-state index >= 15 is 0 Å². The van der Waals surface area contributed by atoms with Gasteiger partial charge in [-0.05, 0) is 39.2 Å². The molecule has 2 rings (SSSR count). The van der Waals surface area contributed by atoms with Gasteiger partial charge in [-0.25, -0.2) is 0 Å². The number of hydrogen-bond donors (Lipinski definition) is 1. The van der Waals surface area contributed by atoms with Crippen molar-refractivity contribution in [3.05, 3.63) is 0 Å². The van der Waals surface area contributed by atoms with Crippen molar-refractivity contribution >= 4 is 0 Å². The molecule has 2 bridgehead atoms. The van der Waals surface area contributed by atoms with Crippen molar-refractivity contribution in [3.63, 3.8) is 0 Å². The summed E-state index contributed by atoms with van der Waals surface area (Å²) >= 11 is 0. The Kier molecular flexibility index (Phi) is 4.00. The van der Waals surface area contributed by atoms with Gasteiger partial charge in [0.05, 0.1) is 0 Å². The van der Waals surface area contributed by atoms with E-state index in [1.54, 1.807) is 7.11 Å². The Hall–Kier alpha value is -0.120. The zero-order chi connectivity index (χ0) is 10.7. The van der Waals surface area contributed by atoms with Crippen LogP contribution >= 0.6 is 0 Å². The van der Waals surface area contributed by atoms with Gasteiger partial charge in [0.2, 0.25) is 0 Å². The van der Waals surface area contributed by atoms with Crippen LogP contribution in [0.15, 0.2) is 0 Å². The molecule has 2 aliphatic rings. The molecule has 2 heterocycles. The van der Waals surface area contributed by atoms with Gasteiger partial charge in [0.1, 0.15) is 0 Å². The van der Waals surface area contributed by atoms with Gasteiger partial charge in [-0.2, -0.15) is 0 Å². The molecule has 3 unspecified atom stereocenters. The summed E-state index contributed by atoms with van der Waals surface area (Å²) in [6.07, 6.45) is 5.25. The van der Waals surface area contributed by atoms with Crippen molar-refractivity contribution in [1.29, 1.82) is 0 Å². The highest BCUT2D eigenvalue weighted by atomic mass is 16.5. The summed E-state index contributed by atoms with van der Waals surface area (Å²) in [4.78, 5) is 2.63. The third-order valence-corrected chi connectivity index (χ3v) is 3.92. The lowest BCUT2D eigenvalue weighted by molar-refractivity contribution is 0.134. The summed E-state index contributed by atoms with van der Waals surface area (Å²) < 4.78 is 5.15. The molecule has 0 aliphatic carbocycles. The fourth-order valence-electron chi connectivity index (χ4n) is 2.84. The van der Waals surface area contributed by atoms with Crippen LogP contribution in [-0.4, -0.2) is 49.8 Å². The Labute approximate surface area is 93.2 Å². The minimum atomic E-state index is 0.672. The lowest BCUT2D eigenvalue weighted by Crippen LogP contribution is -2.40. The second kappa shape index (κ2) is 5.28. The van der Waals surface area contributed by atoms with E-state index in [9.17, 15) is 0 Å². The molecule has 2 saturated heterocycles. The smallest absolute Gasteiger partial charge is 0.0477 e. The molecule has 2 fully saturated rings. The average Bonchev–Trinajstić information content (AvgIpc) is 2.55. The SMILES string of the molecule is COCCC(C)N1CCC2CCC(C1)N2. The predicted octanol–water partition coefficient (Wildman–Crippen LogP) is 1.24. The summed E-state index contributed by atoms with van der Waals surface area (Å²) in [5.74, 6) is 0. The average molecular weight is 212 g/mol. The van der Waals surface area contributed by atoms with E-state index < -0.39 is 0 Å². The zero-order valence-corrected chi connectivity index (χ0v) is 10.0. The van der Waals surface area contributed by atoms with Crippen LogP contribution in [0.2, 0.25) is 0 Å². The topological polar surface area (TPSA) is 24.5 Å². The van der Waals surface area contributed by atoms with Crippen LogP contribution in [0.25, 0.3) is 0 Å². The Morgan fingerprint density at radius 2 is 2.13 bits per heavy atom. The van der Waals surface area contributed by atoms with Crippen LogP contribution < -0.4 is 5.32 Å². The van der Waals surface area contributed by atoms with Crippen molar-refractivity contribution < 1.29 is 4.74 Å². The number of nitrogens with zero attached hydrogens (tertiary/aromatic N) is 1. The van der Waals surface area contributed by atoms with E-state index in [-0.39, 0.29) is 0 Å². The molecule has 3 atom stereocenters. The van der Waals surface area contributed by atoms with Crippen molar-refractivity contribution in [2.75, 3.05) is 26.8 Å². The van der Waals surface area contributed by atoms with Gasteiger partial charge < -0.3 is 10.1 Å². The number of rotatable bonds is 4. The number of hydrogen-bond acceptors (Lipinski definition) is 3. The minimum Gasteiger partial charge on any atom is -0.385 e. The maximum atomic E-state index is 5.15. The van der Waals surface area contributed by atoms with Crippen LogP contribution in [0.4, 0.5) is 0 Å². The minimum absolute atomic E-state index is 0.672. The monoisotopic (exact) mass is 212 g/mol. The normalized spacial score (nSPS) is 34.0. The van der Waals surface area contributed by atoms with Crippen molar-refractivity contribution in [2.45, 2.75) is 50.7 Å². The van der Waals surface area contributed by atoms with Crippen LogP contribution in [0.5, 0.6) is 0 Å². The second-order valence-electron chi connectivity index (χ2n) is 5.05. The number of likely N-dealkylation sites (tertiary alicyclic amines) is 1. The predicted molar refractivity (Wildman–Crippen MR) is 62.1 cm³/mol. The van der Waals surface area contributed by atoms with E-state index in [1.807, 2.05) is 0 Å². The number of nitrogens with one attached hydrogen (secondary N) is 1. The zero-order valence-electron chi connectivity index (χ0n) is 10.0. The first kappa shape index (κ1) is 11.4. The Morgan fingerprint density at radius 1 is 1.33 bits per heavy atom. The van der Waals surface area contributed by atoms with Crippen molar-refractivity contribution in [2.24, 2.45) is 0 Å².